The Labute approximate surface area is 136 Å². The maximum Gasteiger partial charge on any atom is 0.350 e. The molecule has 118 valence electrons. The third kappa shape index (κ3) is 3.50. The van der Waals surface area contributed by atoms with Gasteiger partial charge in [-0.1, -0.05) is 18.3 Å². The molecule has 2 rings (SSSR count). The van der Waals surface area contributed by atoms with Gasteiger partial charge in [0.1, 0.15) is 9.75 Å². The molecule has 0 bridgehead atoms. The summed E-state index contributed by atoms with van der Waals surface area (Å²) in [6.45, 7) is 7.59. The molecule has 2 aromatic rings. The van der Waals surface area contributed by atoms with Crippen LogP contribution in [0.1, 0.15) is 49.6 Å². The predicted octanol–water partition coefficient (Wildman–Crippen LogP) is 3.21. The van der Waals surface area contributed by atoms with E-state index in [4.69, 9.17) is 4.74 Å². The Balaban J connectivity index is 2.18. The summed E-state index contributed by atoms with van der Waals surface area (Å²) in [5.74, 6) is -0.660. The van der Waals surface area contributed by atoms with Crippen LogP contribution in [0.4, 0.5) is 5.13 Å². The number of ether oxygens (including phenoxy) is 1. The molecule has 0 radical (unpaired) electrons. The number of rotatable bonds is 5. The summed E-state index contributed by atoms with van der Waals surface area (Å²) in [7, 11) is 0. The van der Waals surface area contributed by atoms with Crippen molar-refractivity contribution in [3.05, 3.63) is 26.1 Å². The first kappa shape index (κ1) is 16.6. The Bertz CT molecular complexity index is 706. The van der Waals surface area contributed by atoms with Crippen LogP contribution in [0.15, 0.2) is 0 Å². The molecule has 22 heavy (non-hydrogen) atoms. The number of carbonyl (C=O) groups excluding carboxylic acids is 2. The molecule has 8 heteroatoms. The SMILES string of the molecule is CCOC(=O)c1sc(NC(=O)c2sc(C)nc2CC)nc1C. The number of aromatic nitrogens is 2. The largest absolute Gasteiger partial charge is 0.462 e. The summed E-state index contributed by atoms with van der Waals surface area (Å²) < 4.78 is 4.96. The number of anilines is 1. The molecule has 0 spiro atoms. The quantitative estimate of drug-likeness (QED) is 0.846. The van der Waals surface area contributed by atoms with Crippen LogP contribution in [0, 0.1) is 13.8 Å². The van der Waals surface area contributed by atoms with E-state index in [1.807, 2.05) is 13.8 Å². The summed E-state index contributed by atoms with van der Waals surface area (Å²) in [6, 6.07) is 0. The molecule has 2 aromatic heterocycles. The second-order valence-corrected chi connectivity index (χ2v) is 6.67. The van der Waals surface area contributed by atoms with E-state index in [2.05, 4.69) is 15.3 Å². The van der Waals surface area contributed by atoms with Crippen molar-refractivity contribution >= 4 is 39.7 Å². The van der Waals surface area contributed by atoms with Gasteiger partial charge in [-0.2, -0.15) is 0 Å². The van der Waals surface area contributed by atoms with E-state index >= 15 is 0 Å². The molecule has 0 atom stereocenters. The molecule has 0 fully saturated rings. The molecule has 0 aliphatic heterocycles. The van der Waals surface area contributed by atoms with Gasteiger partial charge in [0.05, 0.1) is 23.0 Å². The minimum absolute atomic E-state index is 0.244. The van der Waals surface area contributed by atoms with Crippen molar-refractivity contribution < 1.29 is 14.3 Å². The number of esters is 1. The Hall–Kier alpha value is -1.80. The lowest BCUT2D eigenvalue weighted by Crippen LogP contribution is -2.12. The van der Waals surface area contributed by atoms with Gasteiger partial charge < -0.3 is 4.74 Å². The van der Waals surface area contributed by atoms with Crippen molar-refractivity contribution in [2.24, 2.45) is 0 Å². The van der Waals surface area contributed by atoms with Gasteiger partial charge in [0.15, 0.2) is 5.13 Å². The molecule has 0 aromatic carbocycles. The van der Waals surface area contributed by atoms with Gasteiger partial charge >= 0.3 is 5.97 Å². The molecule has 1 amide bonds. The van der Waals surface area contributed by atoms with Crippen LogP contribution in [0.5, 0.6) is 0 Å². The molecule has 0 unspecified atom stereocenters. The zero-order chi connectivity index (χ0) is 16.3. The number of hydrogen-bond acceptors (Lipinski definition) is 7. The first-order chi connectivity index (χ1) is 10.5. The molecular formula is C14H17N3O3S2. The van der Waals surface area contributed by atoms with Crippen LogP contribution >= 0.6 is 22.7 Å². The van der Waals surface area contributed by atoms with Crippen molar-refractivity contribution in [2.45, 2.75) is 34.1 Å². The predicted molar refractivity (Wildman–Crippen MR) is 87.0 cm³/mol. The fourth-order valence-corrected chi connectivity index (χ4v) is 3.64. The van der Waals surface area contributed by atoms with Crippen LogP contribution in [0.25, 0.3) is 0 Å². The third-order valence-electron chi connectivity index (χ3n) is 2.82. The van der Waals surface area contributed by atoms with E-state index in [0.717, 1.165) is 22.0 Å². The lowest BCUT2D eigenvalue weighted by Gasteiger charge is -2.00. The average molecular weight is 339 g/mol. The molecule has 1 N–H and O–H groups in total. The monoisotopic (exact) mass is 339 g/mol. The van der Waals surface area contributed by atoms with Crippen LogP contribution in [-0.4, -0.2) is 28.5 Å². The number of carbonyl (C=O) groups is 2. The number of nitrogens with one attached hydrogen (secondary N) is 1. The zero-order valence-electron chi connectivity index (χ0n) is 12.8. The Kier molecular flexibility index (Phi) is 5.25. The van der Waals surface area contributed by atoms with E-state index < -0.39 is 5.97 Å². The minimum atomic E-state index is -0.416. The third-order valence-corrected chi connectivity index (χ3v) is 4.89. The number of aryl methyl sites for hydroxylation is 3. The van der Waals surface area contributed by atoms with Crippen LogP contribution in [0.3, 0.4) is 0 Å². The van der Waals surface area contributed by atoms with Gasteiger partial charge in [-0.05, 0) is 27.2 Å². The van der Waals surface area contributed by atoms with Crippen LogP contribution in [0.2, 0.25) is 0 Å². The molecule has 0 saturated heterocycles. The number of thiazole rings is 2. The summed E-state index contributed by atoms with van der Waals surface area (Å²) in [4.78, 5) is 33.6. The summed E-state index contributed by atoms with van der Waals surface area (Å²) in [6.07, 6.45) is 0.693. The van der Waals surface area contributed by atoms with Crippen LogP contribution < -0.4 is 5.32 Å². The second kappa shape index (κ2) is 6.97. The van der Waals surface area contributed by atoms with E-state index in [-0.39, 0.29) is 5.91 Å². The molecule has 0 aliphatic rings. The molecule has 0 saturated carbocycles. The first-order valence-corrected chi connectivity index (χ1v) is 8.51. The topological polar surface area (TPSA) is 81.2 Å². The second-order valence-electron chi connectivity index (χ2n) is 4.47. The molecule has 2 heterocycles. The zero-order valence-corrected chi connectivity index (χ0v) is 14.5. The smallest absolute Gasteiger partial charge is 0.350 e. The highest BCUT2D eigenvalue weighted by Gasteiger charge is 2.20. The van der Waals surface area contributed by atoms with Gasteiger partial charge in [0, 0.05) is 0 Å². The standard InChI is InChI=1S/C14H17N3O3S2/c1-5-9-11(21-8(4)16-9)12(18)17-14-15-7(3)10(22-14)13(19)20-6-2/h5-6H2,1-4H3,(H,15,17,18). The van der Waals surface area contributed by atoms with Crippen molar-refractivity contribution in [3.63, 3.8) is 0 Å². The van der Waals surface area contributed by atoms with Gasteiger partial charge in [0.25, 0.3) is 5.91 Å². The molecule has 6 nitrogen and oxygen atoms in total. The summed E-state index contributed by atoms with van der Waals surface area (Å²) in [5, 5.41) is 3.97. The Morgan fingerprint density at radius 3 is 2.50 bits per heavy atom. The number of amides is 1. The lowest BCUT2D eigenvalue weighted by molar-refractivity contribution is 0.0531. The highest BCUT2D eigenvalue weighted by atomic mass is 32.1. The van der Waals surface area contributed by atoms with Crippen molar-refractivity contribution in [2.75, 3.05) is 11.9 Å². The fourth-order valence-electron chi connectivity index (χ4n) is 1.88. The molecule has 0 aliphatic carbocycles. The van der Waals surface area contributed by atoms with E-state index in [9.17, 15) is 9.59 Å². The summed E-state index contributed by atoms with van der Waals surface area (Å²) >= 11 is 2.47. The number of nitrogens with zero attached hydrogens (tertiary/aromatic N) is 2. The summed E-state index contributed by atoms with van der Waals surface area (Å²) in [5.41, 5.74) is 1.33. The van der Waals surface area contributed by atoms with E-state index in [1.54, 1.807) is 13.8 Å². The number of hydrogen-bond donors (Lipinski definition) is 1. The Morgan fingerprint density at radius 2 is 1.86 bits per heavy atom. The van der Waals surface area contributed by atoms with Gasteiger partial charge in [-0.25, -0.2) is 14.8 Å². The maximum absolute atomic E-state index is 12.3. The molecular weight excluding hydrogens is 322 g/mol. The van der Waals surface area contributed by atoms with E-state index in [0.29, 0.717) is 33.6 Å². The van der Waals surface area contributed by atoms with Crippen molar-refractivity contribution in [1.82, 2.24) is 9.97 Å². The average Bonchev–Trinajstić information content (AvgIpc) is 3.02. The van der Waals surface area contributed by atoms with Gasteiger partial charge in [-0.3, -0.25) is 10.1 Å². The Morgan fingerprint density at radius 1 is 1.14 bits per heavy atom. The highest BCUT2D eigenvalue weighted by Crippen LogP contribution is 2.25. The highest BCUT2D eigenvalue weighted by molar-refractivity contribution is 7.18. The van der Waals surface area contributed by atoms with Crippen molar-refractivity contribution in [3.8, 4) is 0 Å². The minimum Gasteiger partial charge on any atom is -0.462 e. The van der Waals surface area contributed by atoms with Gasteiger partial charge in [-0.15, -0.1) is 11.3 Å². The fraction of sp³-hybridized carbons (Fsp3) is 0.429. The van der Waals surface area contributed by atoms with Crippen molar-refractivity contribution in [1.29, 1.82) is 0 Å². The van der Waals surface area contributed by atoms with E-state index in [1.165, 1.54) is 11.3 Å². The first-order valence-electron chi connectivity index (χ1n) is 6.88. The van der Waals surface area contributed by atoms with Gasteiger partial charge in [0.2, 0.25) is 0 Å². The maximum atomic E-state index is 12.3. The van der Waals surface area contributed by atoms with Crippen LogP contribution in [-0.2, 0) is 11.2 Å². The lowest BCUT2D eigenvalue weighted by atomic mass is 10.3. The normalized spacial score (nSPS) is 10.5.